The lowest BCUT2D eigenvalue weighted by molar-refractivity contribution is 0.0559. The van der Waals surface area contributed by atoms with Gasteiger partial charge in [0.15, 0.2) is 0 Å². The Morgan fingerprint density at radius 3 is 2.56 bits per heavy atom. The monoisotopic (exact) mass is 250 g/mol. The fourth-order valence-corrected chi connectivity index (χ4v) is 1.66. The van der Waals surface area contributed by atoms with Gasteiger partial charge in [-0.2, -0.15) is 0 Å². The number of carbonyl (C=O) groups excluding carboxylic acids is 1. The van der Waals surface area contributed by atoms with Crippen LogP contribution in [0.1, 0.15) is 30.0 Å². The van der Waals surface area contributed by atoms with Crippen LogP contribution in [-0.2, 0) is 10.3 Å². The van der Waals surface area contributed by atoms with Gasteiger partial charge in [-0.25, -0.2) is 4.79 Å². The highest BCUT2D eigenvalue weighted by atomic mass is 16.5. The molecule has 0 aliphatic rings. The molecule has 2 rings (SSSR count). The Hall–Kier alpha value is -2.01. The van der Waals surface area contributed by atoms with Crippen LogP contribution in [0.4, 0.5) is 0 Å². The lowest BCUT2D eigenvalue weighted by Gasteiger charge is -2.12. The van der Waals surface area contributed by atoms with Crippen molar-refractivity contribution in [1.29, 1.82) is 0 Å². The van der Waals surface area contributed by atoms with Gasteiger partial charge in [0.1, 0.15) is 22.7 Å². The number of carbonyl (C=O) groups is 1. The van der Waals surface area contributed by atoms with E-state index in [4.69, 9.17) is 4.42 Å². The maximum atomic E-state index is 11.4. The maximum Gasteiger partial charge on any atom is 0.338 e. The van der Waals surface area contributed by atoms with Crippen LogP contribution < -0.4 is 0 Å². The Balaban J connectivity index is 2.63. The molecule has 0 unspecified atom stereocenters. The minimum atomic E-state index is -1.16. The number of rotatable bonds is 2. The molecule has 0 radical (unpaired) electrons. The van der Waals surface area contributed by atoms with E-state index in [9.17, 15) is 15.0 Å². The fraction of sp³-hybridized carbons (Fsp3) is 0.308. The molecule has 0 saturated heterocycles. The highest BCUT2D eigenvalue weighted by Crippen LogP contribution is 2.33. The fourth-order valence-electron chi connectivity index (χ4n) is 1.66. The first-order valence-electron chi connectivity index (χ1n) is 5.40. The molecule has 18 heavy (non-hydrogen) atoms. The molecule has 0 saturated carbocycles. The van der Waals surface area contributed by atoms with Gasteiger partial charge in [-0.3, -0.25) is 0 Å². The number of aliphatic hydroxyl groups is 1. The molecule has 1 aromatic heterocycles. The number of furan rings is 1. The van der Waals surface area contributed by atoms with E-state index in [1.165, 1.54) is 19.2 Å². The van der Waals surface area contributed by atoms with E-state index in [0.29, 0.717) is 16.7 Å². The number of phenols is 1. The first kappa shape index (κ1) is 12.4. The average Bonchev–Trinajstić information content (AvgIpc) is 2.72. The molecule has 0 aliphatic carbocycles. The molecule has 5 nitrogen and oxygen atoms in total. The van der Waals surface area contributed by atoms with Crippen molar-refractivity contribution in [2.24, 2.45) is 0 Å². The normalized spacial score (nSPS) is 11.8. The van der Waals surface area contributed by atoms with Crippen LogP contribution >= 0.6 is 0 Å². The van der Waals surface area contributed by atoms with Crippen molar-refractivity contribution >= 4 is 16.9 Å². The smallest absolute Gasteiger partial charge is 0.338 e. The first-order valence-corrected chi connectivity index (χ1v) is 5.40. The number of hydrogen-bond donors (Lipinski definition) is 2. The number of ether oxygens (including phenoxy) is 1. The molecular formula is C13H14O5. The van der Waals surface area contributed by atoms with E-state index in [2.05, 4.69) is 4.74 Å². The summed E-state index contributed by atoms with van der Waals surface area (Å²) in [5, 5.41) is 20.1. The third-order valence-corrected chi connectivity index (χ3v) is 2.64. The molecule has 0 aliphatic heterocycles. The van der Waals surface area contributed by atoms with Crippen molar-refractivity contribution < 1.29 is 24.2 Å². The minimum absolute atomic E-state index is 0.0906. The van der Waals surface area contributed by atoms with E-state index in [1.54, 1.807) is 19.9 Å². The molecular weight excluding hydrogens is 236 g/mol. The van der Waals surface area contributed by atoms with E-state index >= 15 is 0 Å². The van der Waals surface area contributed by atoms with Gasteiger partial charge in [-0.15, -0.1) is 0 Å². The molecule has 0 fully saturated rings. The van der Waals surface area contributed by atoms with Crippen LogP contribution in [0.25, 0.3) is 11.0 Å². The second-order valence-corrected chi connectivity index (χ2v) is 4.57. The van der Waals surface area contributed by atoms with Crippen LogP contribution in [-0.4, -0.2) is 23.3 Å². The summed E-state index contributed by atoms with van der Waals surface area (Å²) in [6.07, 6.45) is 0. The topological polar surface area (TPSA) is 79.9 Å². The van der Waals surface area contributed by atoms with E-state index in [0.717, 1.165) is 0 Å². The maximum absolute atomic E-state index is 11.4. The summed E-state index contributed by atoms with van der Waals surface area (Å²) in [6.45, 7) is 3.14. The highest BCUT2D eigenvalue weighted by molar-refractivity contribution is 5.96. The summed E-state index contributed by atoms with van der Waals surface area (Å²) in [5.74, 6) is -0.338. The second-order valence-electron chi connectivity index (χ2n) is 4.57. The van der Waals surface area contributed by atoms with Gasteiger partial charge in [0, 0.05) is 0 Å². The molecule has 96 valence electrons. The van der Waals surface area contributed by atoms with Gasteiger partial charge in [-0.1, -0.05) is 0 Å². The van der Waals surface area contributed by atoms with Gasteiger partial charge >= 0.3 is 5.97 Å². The predicted molar refractivity (Wildman–Crippen MR) is 64.5 cm³/mol. The molecule has 1 aromatic carbocycles. The summed E-state index contributed by atoms with van der Waals surface area (Å²) < 4.78 is 10.0. The Bertz CT molecular complexity index is 604. The van der Waals surface area contributed by atoms with Gasteiger partial charge in [-0.05, 0) is 32.0 Å². The summed E-state index contributed by atoms with van der Waals surface area (Å²) in [4.78, 5) is 11.4. The van der Waals surface area contributed by atoms with E-state index in [1.807, 2.05) is 0 Å². The lowest BCUT2D eigenvalue weighted by Crippen LogP contribution is -2.13. The summed E-state index contributed by atoms with van der Waals surface area (Å²) >= 11 is 0. The van der Waals surface area contributed by atoms with Crippen molar-refractivity contribution in [3.8, 4) is 5.75 Å². The third-order valence-electron chi connectivity index (χ3n) is 2.64. The molecule has 0 bridgehead atoms. The lowest BCUT2D eigenvalue weighted by atomic mass is 10.1. The number of hydrogen-bond acceptors (Lipinski definition) is 5. The zero-order chi connectivity index (χ0) is 13.5. The van der Waals surface area contributed by atoms with E-state index < -0.39 is 11.6 Å². The van der Waals surface area contributed by atoms with Crippen LogP contribution in [0.15, 0.2) is 22.6 Å². The predicted octanol–water partition coefficient (Wildman–Crippen LogP) is 2.15. The highest BCUT2D eigenvalue weighted by Gasteiger charge is 2.23. The Labute approximate surface area is 104 Å². The Morgan fingerprint density at radius 1 is 1.33 bits per heavy atom. The zero-order valence-electron chi connectivity index (χ0n) is 10.4. The second kappa shape index (κ2) is 4.03. The zero-order valence-corrected chi connectivity index (χ0v) is 10.4. The van der Waals surface area contributed by atoms with E-state index in [-0.39, 0.29) is 11.3 Å². The van der Waals surface area contributed by atoms with Gasteiger partial charge < -0.3 is 19.4 Å². The van der Waals surface area contributed by atoms with Crippen molar-refractivity contribution in [2.75, 3.05) is 7.11 Å². The largest absolute Gasteiger partial charge is 0.507 e. The van der Waals surface area contributed by atoms with Crippen LogP contribution in [0.5, 0.6) is 5.75 Å². The number of phenolic OH excluding ortho intramolecular Hbond substituents is 1. The molecule has 2 aromatic rings. The quantitative estimate of drug-likeness (QED) is 0.798. The number of aromatic hydroxyl groups is 1. The molecule has 2 N–H and O–H groups in total. The van der Waals surface area contributed by atoms with Gasteiger partial charge in [0.2, 0.25) is 0 Å². The van der Waals surface area contributed by atoms with Crippen molar-refractivity contribution in [1.82, 2.24) is 0 Å². The first-order chi connectivity index (χ1) is 8.32. The standard InChI is InChI=1S/C13H14O5/c1-13(2,16)11-6-8-9(14)4-7(12(15)17-3)5-10(8)18-11/h4-6,14,16H,1-3H3. The van der Waals surface area contributed by atoms with Crippen molar-refractivity contribution in [3.63, 3.8) is 0 Å². The summed E-state index contributed by atoms with van der Waals surface area (Å²) in [5.41, 5.74) is -0.636. The van der Waals surface area contributed by atoms with Crippen molar-refractivity contribution in [3.05, 3.63) is 29.5 Å². The third kappa shape index (κ3) is 2.04. The van der Waals surface area contributed by atoms with Gasteiger partial charge in [0.25, 0.3) is 0 Å². The van der Waals surface area contributed by atoms with Crippen LogP contribution in [0, 0.1) is 0 Å². The number of methoxy groups -OCH3 is 1. The molecule has 5 heteroatoms. The Morgan fingerprint density at radius 2 is 2.00 bits per heavy atom. The number of benzene rings is 1. The van der Waals surface area contributed by atoms with Crippen LogP contribution in [0.3, 0.4) is 0 Å². The summed E-state index contributed by atoms with van der Waals surface area (Å²) in [6, 6.07) is 4.32. The SMILES string of the molecule is COC(=O)c1cc(O)c2cc(C(C)(C)O)oc2c1. The molecule has 1 heterocycles. The summed E-state index contributed by atoms with van der Waals surface area (Å²) in [7, 11) is 1.26. The van der Waals surface area contributed by atoms with Gasteiger partial charge in [0.05, 0.1) is 18.1 Å². The molecule has 0 atom stereocenters. The van der Waals surface area contributed by atoms with Crippen molar-refractivity contribution in [2.45, 2.75) is 19.4 Å². The number of esters is 1. The molecule has 0 spiro atoms. The molecule has 0 amide bonds. The average molecular weight is 250 g/mol. The minimum Gasteiger partial charge on any atom is -0.507 e. The van der Waals surface area contributed by atoms with Crippen LogP contribution in [0.2, 0.25) is 0 Å². The number of fused-ring (bicyclic) bond motifs is 1. The Kier molecular flexibility index (Phi) is 2.78.